The van der Waals surface area contributed by atoms with E-state index in [-0.39, 0.29) is 12.5 Å². The van der Waals surface area contributed by atoms with Gasteiger partial charge in [0.25, 0.3) is 5.91 Å². The smallest absolute Gasteiger partial charge is 0.410 e. The molecule has 0 aliphatic carbocycles. The Balaban J connectivity index is 1.77. The molecule has 1 aromatic heterocycles. The Morgan fingerprint density at radius 3 is 2.65 bits per heavy atom. The third kappa shape index (κ3) is 3.99. The SMILES string of the molecule is CC(C)(C)OC(=O)N1CCn2ncc(C(=O)Nc3ccccc3Cl)c2C1. The fourth-order valence-corrected chi connectivity index (χ4v) is 2.85. The molecule has 0 bridgehead atoms. The Morgan fingerprint density at radius 2 is 1.96 bits per heavy atom. The quantitative estimate of drug-likeness (QED) is 0.869. The Morgan fingerprint density at radius 1 is 1.23 bits per heavy atom. The zero-order valence-electron chi connectivity index (χ0n) is 15.0. The van der Waals surface area contributed by atoms with Gasteiger partial charge in [-0.15, -0.1) is 0 Å². The number of aromatic nitrogens is 2. The lowest BCUT2D eigenvalue weighted by Crippen LogP contribution is -2.42. The number of halogens is 1. The minimum absolute atomic E-state index is 0.264. The molecule has 0 atom stereocenters. The summed E-state index contributed by atoms with van der Waals surface area (Å²) in [5.74, 6) is -0.314. The largest absolute Gasteiger partial charge is 0.444 e. The van der Waals surface area contributed by atoms with Gasteiger partial charge in [-0.3, -0.25) is 9.48 Å². The average molecular weight is 377 g/mol. The molecule has 0 unspecified atom stereocenters. The first-order chi connectivity index (χ1) is 12.2. The van der Waals surface area contributed by atoms with Crippen LogP contribution in [0, 0.1) is 0 Å². The van der Waals surface area contributed by atoms with Crippen molar-refractivity contribution in [1.29, 1.82) is 0 Å². The Kier molecular flexibility index (Phi) is 4.91. The van der Waals surface area contributed by atoms with Crippen molar-refractivity contribution in [2.24, 2.45) is 0 Å². The molecule has 7 nitrogen and oxygen atoms in total. The molecule has 0 saturated heterocycles. The zero-order chi connectivity index (χ0) is 18.9. The number of nitrogens with one attached hydrogen (secondary N) is 1. The monoisotopic (exact) mass is 376 g/mol. The summed E-state index contributed by atoms with van der Waals surface area (Å²) in [5, 5.41) is 7.50. The normalized spacial score (nSPS) is 13.9. The van der Waals surface area contributed by atoms with Crippen LogP contribution in [0.15, 0.2) is 30.5 Å². The van der Waals surface area contributed by atoms with E-state index >= 15 is 0 Å². The highest BCUT2D eigenvalue weighted by Gasteiger charge is 2.29. The number of nitrogens with zero attached hydrogens (tertiary/aromatic N) is 3. The molecule has 2 amide bonds. The van der Waals surface area contributed by atoms with E-state index in [0.717, 1.165) is 0 Å². The topological polar surface area (TPSA) is 76.5 Å². The number of carbonyl (C=O) groups excluding carboxylic acids is 2. The fraction of sp³-hybridized carbons (Fsp3) is 0.389. The van der Waals surface area contributed by atoms with E-state index in [1.807, 2.05) is 20.8 Å². The van der Waals surface area contributed by atoms with Crippen molar-refractivity contribution in [3.05, 3.63) is 46.7 Å². The number of para-hydroxylation sites is 1. The van der Waals surface area contributed by atoms with Gasteiger partial charge >= 0.3 is 6.09 Å². The second-order valence-electron chi connectivity index (χ2n) is 7.06. The maximum Gasteiger partial charge on any atom is 0.410 e. The first-order valence-electron chi connectivity index (χ1n) is 8.33. The van der Waals surface area contributed by atoms with Gasteiger partial charge in [-0.25, -0.2) is 4.79 Å². The molecule has 0 saturated carbocycles. The molecule has 1 aliphatic rings. The van der Waals surface area contributed by atoms with Gasteiger partial charge in [-0.2, -0.15) is 5.10 Å². The zero-order valence-corrected chi connectivity index (χ0v) is 15.7. The second kappa shape index (κ2) is 6.99. The molecule has 2 heterocycles. The first-order valence-corrected chi connectivity index (χ1v) is 8.71. The van der Waals surface area contributed by atoms with E-state index in [0.29, 0.717) is 35.1 Å². The lowest BCUT2D eigenvalue weighted by Gasteiger charge is -2.30. The Bertz CT molecular complexity index is 841. The summed E-state index contributed by atoms with van der Waals surface area (Å²) in [6, 6.07) is 7.01. The van der Waals surface area contributed by atoms with Gasteiger partial charge in [0.05, 0.1) is 41.3 Å². The standard InChI is InChI=1S/C18H21ClN4O3/c1-18(2,3)26-17(25)22-8-9-23-15(11-22)12(10-20-23)16(24)21-14-7-5-4-6-13(14)19/h4-7,10H,8-9,11H2,1-3H3,(H,21,24). The van der Waals surface area contributed by atoms with E-state index in [1.54, 1.807) is 33.8 Å². The van der Waals surface area contributed by atoms with Crippen molar-refractivity contribution in [2.45, 2.75) is 39.5 Å². The van der Waals surface area contributed by atoms with Crippen LogP contribution in [0.25, 0.3) is 0 Å². The molecule has 3 rings (SSSR count). The lowest BCUT2D eigenvalue weighted by molar-refractivity contribution is 0.0193. The van der Waals surface area contributed by atoms with Gasteiger partial charge in [-0.1, -0.05) is 23.7 Å². The molecule has 0 radical (unpaired) electrons. The summed E-state index contributed by atoms with van der Waals surface area (Å²) in [5.41, 5.74) is 1.04. The molecule has 1 N–H and O–H groups in total. The van der Waals surface area contributed by atoms with Crippen LogP contribution in [-0.2, 0) is 17.8 Å². The summed E-state index contributed by atoms with van der Waals surface area (Å²) in [7, 11) is 0. The van der Waals surface area contributed by atoms with Crippen LogP contribution in [0.3, 0.4) is 0 Å². The van der Waals surface area contributed by atoms with Crippen molar-refractivity contribution >= 4 is 29.3 Å². The van der Waals surface area contributed by atoms with Gasteiger partial charge in [0.1, 0.15) is 5.60 Å². The number of ether oxygens (including phenoxy) is 1. The summed E-state index contributed by atoms with van der Waals surface area (Å²) in [4.78, 5) is 26.5. The predicted molar refractivity (Wildman–Crippen MR) is 98.3 cm³/mol. The van der Waals surface area contributed by atoms with Crippen molar-refractivity contribution in [3.8, 4) is 0 Å². The van der Waals surface area contributed by atoms with Gasteiger partial charge < -0.3 is 15.0 Å². The number of hydrogen-bond acceptors (Lipinski definition) is 4. The summed E-state index contributed by atoms with van der Waals surface area (Å²) < 4.78 is 7.16. The van der Waals surface area contributed by atoms with Crippen molar-refractivity contribution in [1.82, 2.24) is 14.7 Å². The van der Waals surface area contributed by atoms with Crippen LogP contribution >= 0.6 is 11.6 Å². The Labute approximate surface area is 156 Å². The molecule has 0 fully saturated rings. The third-order valence-corrected chi connectivity index (χ3v) is 4.22. The number of benzene rings is 1. The van der Waals surface area contributed by atoms with Crippen molar-refractivity contribution in [2.75, 3.05) is 11.9 Å². The maximum atomic E-state index is 12.6. The highest BCUT2D eigenvalue weighted by atomic mass is 35.5. The molecule has 1 aromatic carbocycles. The van der Waals surface area contributed by atoms with Crippen LogP contribution in [0.2, 0.25) is 5.02 Å². The second-order valence-corrected chi connectivity index (χ2v) is 7.47. The van der Waals surface area contributed by atoms with E-state index in [1.165, 1.54) is 6.20 Å². The van der Waals surface area contributed by atoms with E-state index in [9.17, 15) is 9.59 Å². The predicted octanol–water partition coefficient (Wildman–Crippen LogP) is 3.54. The van der Waals surface area contributed by atoms with Gasteiger partial charge in [0.15, 0.2) is 0 Å². The average Bonchev–Trinajstić information content (AvgIpc) is 2.98. The van der Waals surface area contributed by atoms with Gasteiger partial charge in [0.2, 0.25) is 0 Å². The molecule has 8 heteroatoms. The van der Waals surface area contributed by atoms with E-state index < -0.39 is 11.7 Å². The van der Waals surface area contributed by atoms with Crippen LogP contribution < -0.4 is 5.32 Å². The minimum Gasteiger partial charge on any atom is -0.444 e. The molecular weight excluding hydrogens is 356 g/mol. The fourth-order valence-electron chi connectivity index (χ4n) is 2.67. The highest BCUT2D eigenvalue weighted by Crippen LogP contribution is 2.23. The van der Waals surface area contributed by atoms with E-state index in [2.05, 4.69) is 10.4 Å². The molecule has 26 heavy (non-hydrogen) atoms. The van der Waals surface area contributed by atoms with Gasteiger partial charge in [0, 0.05) is 6.54 Å². The molecule has 0 spiro atoms. The van der Waals surface area contributed by atoms with Crippen LogP contribution in [0.5, 0.6) is 0 Å². The highest BCUT2D eigenvalue weighted by molar-refractivity contribution is 6.33. The number of rotatable bonds is 2. The molecule has 2 aromatic rings. The summed E-state index contributed by atoms with van der Waals surface area (Å²) in [6.07, 6.45) is 1.11. The number of hydrogen-bond donors (Lipinski definition) is 1. The van der Waals surface area contributed by atoms with Crippen molar-refractivity contribution < 1.29 is 14.3 Å². The van der Waals surface area contributed by atoms with Crippen LogP contribution in [-0.4, -0.2) is 38.8 Å². The lowest BCUT2D eigenvalue weighted by atomic mass is 10.2. The van der Waals surface area contributed by atoms with E-state index in [4.69, 9.17) is 16.3 Å². The maximum absolute atomic E-state index is 12.6. The van der Waals surface area contributed by atoms with Crippen molar-refractivity contribution in [3.63, 3.8) is 0 Å². The minimum atomic E-state index is -0.570. The Hall–Kier alpha value is -2.54. The number of carbonyl (C=O) groups is 2. The summed E-state index contributed by atoms with van der Waals surface area (Å²) in [6.45, 7) is 6.72. The molecule has 1 aliphatic heterocycles. The molecular formula is C18H21ClN4O3. The summed E-state index contributed by atoms with van der Waals surface area (Å²) >= 11 is 6.09. The number of amides is 2. The number of anilines is 1. The van der Waals surface area contributed by atoms with Crippen LogP contribution in [0.4, 0.5) is 10.5 Å². The first kappa shape index (κ1) is 18.3. The molecule has 138 valence electrons. The van der Waals surface area contributed by atoms with Gasteiger partial charge in [-0.05, 0) is 32.9 Å². The third-order valence-electron chi connectivity index (χ3n) is 3.89. The van der Waals surface area contributed by atoms with Crippen LogP contribution in [0.1, 0.15) is 36.8 Å². The number of fused-ring (bicyclic) bond motifs is 1.